The number of carbonyl (C=O) groups excluding carboxylic acids is 2. The Morgan fingerprint density at radius 3 is 2.33 bits per heavy atom. The Morgan fingerprint density at radius 2 is 1.69 bits per heavy atom. The molecule has 1 heterocycles. The van der Waals surface area contributed by atoms with Gasteiger partial charge in [0, 0.05) is 25.3 Å². The van der Waals surface area contributed by atoms with E-state index in [4.69, 9.17) is 24.0 Å². The molecule has 0 unspecified atom stereocenters. The van der Waals surface area contributed by atoms with E-state index in [0.29, 0.717) is 44.2 Å². The number of phosphoric ester groups is 1. The summed E-state index contributed by atoms with van der Waals surface area (Å²) < 4.78 is 31.8. The van der Waals surface area contributed by atoms with E-state index in [0.717, 1.165) is 47.7 Å². The third kappa shape index (κ3) is 14.3. The number of amides is 3. The summed E-state index contributed by atoms with van der Waals surface area (Å²) in [5.74, 6) is 1.04. The maximum absolute atomic E-state index is 13.2. The molecule has 0 aromatic heterocycles. The normalized spacial score (nSPS) is 15.5. The first kappa shape index (κ1) is 40.2. The topological polar surface area (TPSA) is 159 Å². The standard InChI is InChI=1S/C35H55N4O9P/c1-7-28(16-18-45-23-46-24-47-35(41)39-17-8-9-31(39)22-48-49(42,43)44)29-12-15-33(38(20-25(2)3)21-26(4)5)32(19-29)37-34(40)36-30-13-10-27(6)11-14-30/h10-15,19,25-26,28,31H,7-9,16-18,20-24H2,1-6H3,(H2,36,37,40)(H2,42,43,44)/t28-,31-/m0/s1. The second-order valence-corrected chi connectivity index (χ2v) is 14.6. The third-order valence-electron chi connectivity index (χ3n) is 8.14. The number of urea groups is 1. The van der Waals surface area contributed by atoms with Crippen molar-refractivity contribution in [3.8, 4) is 0 Å². The van der Waals surface area contributed by atoms with Crippen LogP contribution >= 0.6 is 7.82 Å². The highest BCUT2D eigenvalue weighted by Gasteiger charge is 2.32. The van der Waals surface area contributed by atoms with Gasteiger partial charge in [0.1, 0.15) is 0 Å². The van der Waals surface area contributed by atoms with Gasteiger partial charge in [-0.05, 0) is 80.2 Å². The lowest BCUT2D eigenvalue weighted by atomic mass is 9.92. The van der Waals surface area contributed by atoms with Gasteiger partial charge < -0.3 is 44.4 Å². The Kier molecular flexibility index (Phi) is 16.3. The van der Waals surface area contributed by atoms with E-state index in [1.807, 2.05) is 31.2 Å². The van der Waals surface area contributed by atoms with Crippen LogP contribution in [0.4, 0.5) is 26.7 Å². The minimum Gasteiger partial charge on any atom is -0.422 e. The molecule has 3 amide bonds. The monoisotopic (exact) mass is 706 g/mol. The number of rotatable bonds is 19. The first-order chi connectivity index (χ1) is 23.3. The van der Waals surface area contributed by atoms with Gasteiger partial charge in [-0.3, -0.25) is 4.52 Å². The number of nitrogens with one attached hydrogen (secondary N) is 2. The number of carbonyl (C=O) groups is 2. The van der Waals surface area contributed by atoms with Crippen LogP contribution in [0.25, 0.3) is 0 Å². The van der Waals surface area contributed by atoms with Crippen molar-refractivity contribution in [2.75, 3.05) is 62.0 Å². The number of phosphoric acid groups is 1. The van der Waals surface area contributed by atoms with Crippen LogP contribution in [0.2, 0.25) is 0 Å². The van der Waals surface area contributed by atoms with Gasteiger partial charge in [-0.2, -0.15) is 0 Å². The number of hydrogen-bond acceptors (Lipinski definition) is 8. The minimum absolute atomic E-state index is 0.0707. The summed E-state index contributed by atoms with van der Waals surface area (Å²) in [5.41, 5.74) is 4.66. The van der Waals surface area contributed by atoms with E-state index in [1.165, 1.54) is 4.90 Å². The average Bonchev–Trinajstić information content (AvgIpc) is 3.50. The fourth-order valence-electron chi connectivity index (χ4n) is 5.85. The Bertz CT molecular complexity index is 1360. The SMILES string of the molecule is CC[C@@H](CCOCOCOC(=O)N1CCC[C@H]1COP(=O)(O)O)c1ccc(N(CC(C)C)CC(C)C)c(NC(=O)Nc2ccc(C)cc2)c1. The quantitative estimate of drug-likeness (QED) is 0.0663. The molecule has 13 nitrogen and oxygen atoms in total. The zero-order chi connectivity index (χ0) is 36.0. The highest BCUT2D eigenvalue weighted by Crippen LogP contribution is 2.37. The van der Waals surface area contributed by atoms with E-state index >= 15 is 0 Å². The van der Waals surface area contributed by atoms with E-state index in [1.54, 1.807) is 0 Å². The van der Waals surface area contributed by atoms with Gasteiger partial charge >= 0.3 is 19.9 Å². The van der Waals surface area contributed by atoms with E-state index < -0.39 is 20.0 Å². The molecule has 49 heavy (non-hydrogen) atoms. The van der Waals surface area contributed by atoms with Gasteiger partial charge in [-0.15, -0.1) is 0 Å². The van der Waals surface area contributed by atoms with Crippen molar-refractivity contribution < 1.29 is 42.7 Å². The van der Waals surface area contributed by atoms with Crippen LogP contribution in [0, 0.1) is 18.8 Å². The molecular formula is C35H55N4O9P. The van der Waals surface area contributed by atoms with Gasteiger partial charge in [0.05, 0.1) is 30.6 Å². The molecule has 1 aliphatic heterocycles. The summed E-state index contributed by atoms with van der Waals surface area (Å²) in [6.07, 6.45) is 2.18. The van der Waals surface area contributed by atoms with Crippen LogP contribution in [-0.4, -0.2) is 79.3 Å². The Morgan fingerprint density at radius 1 is 1.00 bits per heavy atom. The molecule has 4 N–H and O–H groups in total. The lowest BCUT2D eigenvalue weighted by Crippen LogP contribution is -2.38. The highest BCUT2D eigenvalue weighted by molar-refractivity contribution is 7.46. The number of likely N-dealkylation sites (tertiary alicyclic amines) is 1. The summed E-state index contributed by atoms with van der Waals surface area (Å²) in [5, 5.41) is 6.08. The maximum Gasteiger partial charge on any atom is 0.469 e. The number of benzene rings is 2. The molecule has 1 saturated heterocycles. The highest BCUT2D eigenvalue weighted by atomic mass is 31.2. The number of nitrogens with zero attached hydrogens (tertiary/aromatic N) is 2. The number of aryl methyl sites for hydroxylation is 1. The lowest BCUT2D eigenvalue weighted by Gasteiger charge is -2.31. The number of hydrogen-bond donors (Lipinski definition) is 4. The van der Waals surface area contributed by atoms with Gasteiger partial charge in [0.2, 0.25) is 0 Å². The average molecular weight is 707 g/mol. The first-order valence-electron chi connectivity index (χ1n) is 17.1. The zero-order valence-corrected chi connectivity index (χ0v) is 30.6. The van der Waals surface area contributed by atoms with E-state index in [2.05, 4.69) is 72.9 Å². The number of anilines is 3. The Hall–Kier alpha value is -3.19. The van der Waals surface area contributed by atoms with Crippen molar-refractivity contribution in [1.82, 2.24) is 4.90 Å². The van der Waals surface area contributed by atoms with Crippen LogP contribution in [0.15, 0.2) is 42.5 Å². The summed E-state index contributed by atoms with van der Waals surface area (Å²) in [6.45, 7) is 14.8. The fourth-order valence-corrected chi connectivity index (χ4v) is 6.22. The molecule has 2 aromatic carbocycles. The van der Waals surface area contributed by atoms with Crippen LogP contribution in [0.5, 0.6) is 0 Å². The molecule has 0 saturated carbocycles. The largest absolute Gasteiger partial charge is 0.469 e. The summed E-state index contributed by atoms with van der Waals surface area (Å²) in [4.78, 5) is 47.2. The molecule has 0 bridgehead atoms. The fraction of sp³-hybridized carbons (Fsp3) is 0.600. The van der Waals surface area contributed by atoms with Crippen LogP contribution < -0.4 is 15.5 Å². The van der Waals surface area contributed by atoms with E-state index in [-0.39, 0.29) is 32.1 Å². The van der Waals surface area contributed by atoms with Crippen molar-refractivity contribution in [3.05, 3.63) is 53.6 Å². The Labute approximate surface area is 290 Å². The smallest absolute Gasteiger partial charge is 0.422 e. The van der Waals surface area contributed by atoms with Gasteiger partial charge in [0.25, 0.3) is 0 Å². The van der Waals surface area contributed by atoms with Crippen molar-refractivity contribution in [2.24, 2.45) is 11.8 Å². The van der Waals surface area contributed by atoms with Crippen molar-refractivity contribution in [1.29, 1.82) is 0 Å². The van der Waals surface area contributed by atoms with Crippen LogP contribution in [0.3, 0.4) is 0 Å². The predicted molar refractivity (Wildman–Crippen MR) is 191 cm³/mol. The molecule has 274 valence electrons. The molecule has 14 heteroatoms. The molecule has 1 aliphatic rings. The van der Waals surface area contributed by atoms with Crippen LogP contribution in [-0.2, 0) is 23.3 Å². The van der Waals surface area contributed by atoms with Crippen molar-refractivity contribution in [2.45, 2.75) is 79.2 Å². The van der Waals surface area contributed by atoms with Gasteiger partial charge in [-0.1, -0.05) is 58.4 Å². The zero-order valence-electron chi connectivity index (χ0n) is 29.7. The first-order valence-corrected chi connectivity index (χ1v) is 18.6. The summed E-state index contributed by atoms with van der Waals surface area (Å²) in [7, 11) is -4.62. The van der Waals surface area contributed by atoms with E-state index in [9.17, 15) is 14.2 Å². The Balaban J connectivity index is 1.57. The van der Waals surface area contributed by atoms with Crippen LogP contribution in [0.1, 0.15) is 77.3 Å². The van der Waals surface area contributed by atoms with Gasteiger partial charge in [-0.25, -0.2) is 14.2 Å². The molecule has 0 spiro atoms. The molecule has 1 fully saturated rings. The third-order valence-corrected chi connectivity index (χ3v) is 8.63. The molecule has 2 aromatic rings. The lowest BCUT2D eigenvalue weighted by molar-refractivity contribution is -0.115. The second-order valence-electron chi connectivity index (χ2n) is 13.3. The second kappa shape index (κ2) is 19.9. The molecule has 3 rings (SSSR count). The summed E-state index contributed by atoms with van der Waals surface area (Å²) in [6, 6.07) is 13.2. The maximum atomic E-state index is 13.2. The molecule has 0 aliphatic carbocycles. The predicted octanol–water partition coefficient (Wildman–Crippen LogP) is 7.30. The number of ether oxygens (including phenoxy) is 3. The molecule has 0 radical (unpaired) electrons. The van der Waals surface area contributed by atoms with Gasteiger partial charge in [0.15, 0.2) is 13.6 Å². The molecule has 2 atom stereocenters. The van der Waals surface area contributed by atoms with Crippen molar-refractivity contribution >= 4 is 37.0 Å². The summed E-state index contributed by atoms with van der Waals surface area (Å²) >= 11 is 0. The van der Waals surface area contributed by atoms with Crippen molar-refractivity contribution in [3.63, 3.8) is 0 Å². The minimum atomic E-state index is -4.62. The molecular weight excluding hydrogens is 651 g/mol.